The topological polar surface area (TPSA) is 27.7 Å². The summed E-state index contributed by atoms with van der Waals surface area (Å²) in [5.41, 5.74) is 0. The van der Waals surface area contributed by atoms with Crippen LogP contribution in [0.1, 0.15) is 38.5 Å². The van der Waals surface area contributed by atoms with Gasteiger partial charge in [0, 0.05) is 39.3 Å². The van der Waals surface area contributed by atoms with Gasteiger partial charge in [-0.2, -0.15) is 0 Å². The van der Waals surface area contributed by atoms with E-state index in [0.717, 1.165) is 25.7 Å². The molecule has 118 valence electrons. The largest absolute Gasteiger partial charge is 0.383 e. The molecule has 1 N–H and O–H groups in total. The highest BCUT2D eigenvalue weighted by molar-refractivity contribution is 4.80. The average molecular weight is 283 g/mol. The molecule has 4 heteroatoms. The molecule has 2 rings (SSSR count). The Morgan fingerprint density at radius 1 is 1.00 bits per heavy atom. The van der Waals surface area contributed by atoms with Crippen LogP contribution >= 0.6 is 0 Å². The van der Waals surface area contributed by atoms with E-state index in [9.17, 15) is 0 Å². The van der Waals surface area contributed by atoms with Gasteiger partial charge in [-0.3, -0.25) is 4.90 Å². The molecule has 2 aliphatic heterocycles. The van der Waals surface area contributed by atoms with E-state index in [2.05, 4.69) is 15.1 Å². The van der Waals surface area contributed by atoms with E-state index in [1.54, 1.807) is 7.11 Å². The van der Waals surface area contributed by atoms with Crippen LogP contribution in [0.5, 0.6) is 0 Å². The van der Waals surface area contributed by atoms with Crippen LogP contribution in [0.4, 0.5) is 0 Å². The molecule has 0 saturated carbocycles. The summed E-state index contributed by atoms with van der Waals surface area (Å²) in [6.07, 6.45) is 8.39. The van der Waals surface area contributed by atoms with E-state index < -0.39 is 0 Å². The van der Waals surface area contributed by atoms with Gasteiger partial charge in [-0.15, -0.1) is 0 Å². The van der Waals surface area contributed by atoms with Gasteiger partial charge in [0.25, 0.3) is 0 Å². The Kier molecular flexibility index (Phi) is 7.88. The molecule has 0 radical (unpaired) electrons. The highest BCUT2D eigenvalue weighted by atomic mass is 16.5. The first kappa shape index (κ1) is 16.2. The Hall–Kier alpha value is -0.160. The first-order chi connectivity index (χ1) is 9.90. The molecule has 20 heavy (non-hydrogen) atoms. The van der Waals surface area contributed by atoms with Gasteiger partial charge >= 0.3 is 0 Å². The Morgan fingerprint density at radius 3 is 2.60 bits per heavy atom. The maximum Gasteiger partial charge on any atom is 0.0587 e. The van der Waals surface area contributed by atoms with Crippen molar-refractivity contribution in [3.63, 3.8) is 0 Å². The summed E-state index contributed by atoms with van der Waals surface area (Å²) in [6.45, 7) is 9.40. The minimum Gasteiger partial charge on any atom is -0.383 e. The van der Waals surface area contributed by atoms with E-state index >= 15 is 0 Å². The van der Waals surface area contributed by atoms with Gasteiger partial charge in [0.2, 0.25) is 0 Å². The van der Waals surface area contributed by atoms with Crippen LogP contribution < -0.4 is 5.32 Å². The highest BCUT2D eigenvalue weighted by Gasteiger charge is 2.22. The Labute approximate surface area is 124 Å². The normalized spacial score (nSPS) is 25.9. The summed E-state index contributed by atoms with van der Waals surface area (Å²) in [7, 11) is 1.77. The van der Waals surface area contributed by atoms with Gasteiger partial charge in [-0.05, 0) is 45.3 Å². The Morgan fingerprint density at radius 2 is 1.80 bits per heavy atom. The third-order valence-corrected chi connectivity index (χ3v) is 4.76. The molecule has 1 unspecified atom stereocenters. The number of methoxy groups -OCH3 is 1. The molecular formula is C16H33N3O. The maximum atomic E-state index is 5.10. The van der Waals surface area contributed by atoms with Crippen molar-refractivity contribution in [3.8, 4) is 0 Å². The molecule has 0 amide bonds. The SMILES string of the molecule is COCCNCC1CCCCN1CCN1CCCCC1. The Balaban J connectivity index is 1.66. The molecule has 2 heterocycles. The predicted octanol–water partition coefficient (Wildman–Crippen LogP) is 1.56. The zero-order valence-corrected chi connectivity index (χ0v) is 13.3. The van der Waals surface area contributed by atoms with Crippen molar-refractivity contribution in [3.05, 3.63) is 0 Å². The number of piperidine rings is 2. The summed E-state index contributed by atoms with van der Waals surface area (Å²) in [5.74, 6) is 0. The van der Waals surface area contributed by atoms with E-state index in [1.807, 2.05) is 0 Å². The summed E-state index contributed by atoms with van der Waals surface area (Å²) >= 11 is 0. The second-order valence-corrected chi connectivity index (χ2v) is 6.28. The molecule has 4 nitrogen and oxygen atoms in total. The first-order valence-corrected chi connectivity index (χ1v) is 8.56. The van der Waals surface area contributed by atoms with E-state index in [1.165, 1.54) is 71.2 Å². The summed E-state index contributed by atoms with van der Waals surface area (Å²) < 4.78 is 5.10. The minimum atomic E-state index is 0.741. The molecule has 2 aliphatic rings. The van der Waals surface area contributed by atoms with Crippen molar-refractivity contribution < 1.29 is 4.74 Å². The molecule has 0 bridgehead atoms. The monoisotopic (exact) mass is 283 g/mol. The van der Waals surface area contributed by atoms with Gasteiger partial charge in [-0.1, -0.05) is 12.8 Å². The summed E-state index contributed by atoms with van der Waals surface area (Å²) in [5, 5.41) is 3.54. The third kappa shape index (κ3) is 5.68. The van der Waals surface area contributed by atoms with Crippen LogP contribution in [-0.4, -0.2) is 75.4 Å². The highest BCUT2D eigenvalue weighted by Crippen LogP contribution is 2.17. The van der Waals surface area contributed by atoms with Crippen LogP contribution in [0.2, 0.25) is 0 Å². The van der Waals surface area contributed by atoms with Gasteiger partial charge in [0.1, 0.15) is 0 Å². The number of nitrogens with one attached hydrogen (secondary N) is 1. The fourth-order valence-electron chi connectivity index (χ4n) is 3.48. The number of hydrogen-bond donors (Lipinski definition) is 1. The molecule has 0 aromatic carbocycles. The molecule has 0 aliphatic carbocycles. The van der Waals surface area contributed by atoms with Gasteiger partial charge < -0.3 is 15.0 Å². The molecule has 1 atom stereocenters. The van der Waals surface area contributed by atoms with Crippen molar-refractivity contribution in [2.75, 3.05) is 59.5 Å². The molecule has 2 fully saturated rings. The lowest BCUT2D eigenvalue weighted by Crippen LogP contribution is -2.49. The molecule has 0 spiro atoms. The maximum absolute atomic E-state index is 5.10. The van der Waals surface area contributed by atoms with Crippen molar-refractivity contribution in [2.45, 2.75) is 44.6 Å². The minimum absolute atomic E-state index is 0.741. The van der Waals surface area contributed by atoms with Gasteiger partial charge in [0.15, 0.2) is 0 Å². The fraction of sp³-hybridized carbons (Fsp3) is 1.00. The van der Waals surface area contributed by atoms with Crippen molar-refractivity contribution in [1.29, 1.82) is 0 Å². The predicted molar refractivity (Wildman–Crippen MR) is 84.2 cm³/mol. The number of hydrogen-bond acceptors (Lipinski definition) is 4. The van der Waals surface area contributed by atoms with Crippen LogP contribution in [0.3, 0.4) is 0 Å². The van der Waals surface area contributed by atoms with Crippen LogP contribution in [-0.2, 0) is 4.74 Å². The van der Waals surface area contributed by atoms with Gasteiger partial charge in [0.05, 0.1) is 6.61 Å². The van der Waals surface area contributed by atoms with Crippen LogP contribution in [0.15, 0.2) is 0 Å². The van der Waals surface area contributed by atoms with E-state index in [0.29, 0.717) is 0 Å². The van der Waals surface area contributed by atoms with Crippen molar-refractivity contribution in [1.82, 2.24) is 15.1 Å². The number of nitrogens with zero attached hydrogens (tertiary/aromatic N) is 2. The number of rotatable bonds is 8. The van der Waals surface area contributed by atoms with Crippen LogP contribution in [0, 0.1) is 0 Å². The smallest absolute Gasteiger partial charge is 0.0587 e. The zero-order chi connectivity index (χ0) is 14.0. The van der Waals surface area contributed by atoms with Crippen LogP contribution in [0.25, 0.3) is 0 Å². The van der Waals surface area contributed by atoms with Gasteiger partial charge in [-0.25, -0.2) is 0 Å². The number of ether oxygens (including phenoxy) is 1. The number of likely N-dealkylation sites (tertiary alicyclic amines) is 2. The zero-order valence-electron chi connectivity index (χ0n) is 13.3. The first-order valence-electron chi connectivity index (χ1n) is 8.56. The van der Waals surface area contributed by atoms with E-state index in [4.69, 9.17) is 4.74 Å². The lowest BCUT2D eigenvalue weighted by molar-refractivity contribution is 0.115. The Bertz CT molecular complexity index is 244. The lowest BCUT2D eigenvalue weighted by Gasteiger charge is -2.38. The average Bonchev–Trinajstić information content (AvgIpc) is 2.51. The third-order valence-electron chi connectivity index (χ3n) is 4.76. The second kappa shape index (κ2) is 9.72. The van der Waals surface area contributed by atoms with Crippen molar-refractivity contribution in [2.24, 2.45) is 0 Å². The molecule has 2 saturated heterocycles. The standard InChI is InChI=1S/C16H33N3O/c1-20-14-8-17-15-16-7-3-6-11-19(16)13-12-18-9-4-2-5-10-18/h16-17H,2-15H2,1H3. The molecule has 0 aromatic rings. The summed E-state index contributed by atoms with van der Waals surface area (Å²) in [4.78, 5) is 5.38. The molecular weight excluding hydrogens is 250 g/mol. The van der Waals surface area contributed by atoms with E-state index in [-0.39, 0.29) is 0 Å². The quantitative estimate of drug-likeness (QED) is 0.684. The fourth-order valence-corrected chi connectivity index (χ4v) is 3.48. The second-order valence-electron chi connectivity index (χ2n) is 6.28. The van der Waals surface area contributed by atoms with Crippen molar-refractivity contribution >= 4 is 0 Å². The summed E-state index contributed by atoms with van der Waals surface area (Å²) in [6, 6.07) is 0.741. The lowest BCUT2D eigenvalue weighted by atomic mass is 10.0. The molecule has 0 aromatic heterocycles.